The lowest BCUT2D eigenvalue weighted by atomic mass is 10.2. The molecule has 0 bridgehead atoms. The number of fused-ring (bicyclic) bond motifs is 1. The summed E-state index contributed by atoms with van der Waals surface area (Å²) in [5, 5.41) is 4.23. The van der Waals surface area contributed by atoms with Gasteiger partial charge in [0.25, 0.3) is 0 Å². The molecule has 5 rings (SSSR count). The van der Waals surface area contributed by atoms with Gasteiger partial charge in [0.2, 0.25) is 5.91 Å². The first-order valence-corrected chi connectivity index (χ1v) is 11.9. The van der Waals surface area contributed by atoms with Gasteiger partial charge < -0.3 is 15.0 Å². The largest absolute Gasteiger partial charge is 0.378 e. The van der Waals surface area contributed by atoms with E-state index < -0.39 is 0 Å². The average Bonchev–Trinajstić information content (AvgIpc) is 3.46. The van der Waals surface area contributed by atoms with E-state index in [-0.39, 0.29) is 18.0 Å². The number of thiazole rings is 1. The van der Waals surface area contributed by atoms with Crippen molar-refractivity contribution >= 4 is 38.8 Å². The smallest absolute Gasteiger partial charge is 0.241 e. The van der Waals surface area contributed by atoms with Crippen molar-refractivity contribution in [1.82, 2.24) is 9.88 Å². The summed E-state index contributed by atoms with van der Waals surface area (Å²) >= 11 is 1.75. The number of aromatic nitrogens is 1. The Labute approximate surface area is 186 Å². The molecular weight excluding hydrogens is 408 g/mol. The molecule has 0 spiro atoms. The second-order valence-corrected chi connectivity index (χ2v) is 9.29. The number of benzene rings is 2. The normalized spacial score (nSPS) is 20.8. The van der Waals surface area contributed by atoms with Crippen molar-refractivity contribution < 1.29 is 9.53 Å². The zero-order valence-corrected chi connectivity index (χ0v) is 18.6. The third kappa shape index (κ3) is 4.31. The highest BCUT2D eigenvalue weighted by atomic mass is 32.1. The third-order valence-electron chi connectivity index (χ3n) is 6.28. The van der Waals surface area contributed by atoms with Gasteiger partial charge in [0.05, 0.1) is 35.5 Å². The molecule has 1 amide bonds. The molecule has 2 aliphatic rings. The lowest BCUT2D eigenvalue weighted by molar-refractivity contribution is -0.121. The Hall–Kier alpha value is -2.48. The van der Waals surface area contributed by atoms with Crippen LogP contribution in [-0.4, -0.2) is 54.7 Å². The number of anilines is 2. The van der Waals surface area contributed by atoms with E-state index in [0.717, 1.165) is 61.9 Å². The molecule has 2 saturated heterocycles. The highest BCUT2D eigenvalue weighted by Gasteiger charge is 2.34. The highest BCUT2D eigenvalue weighted by molar-refractivity contribution is 7.18. The molecule has 2 aromatic carbocycles. The fourth-order valence-corrected chi connectivity index (χ4v) is 5.65. The fraction of sp³-hybridized carbons (Fsp3) is 0.417. The molecule has 0 saturated carbocycles. The Balaban J connectivity index is 1.25. The van der Waals surface area contributed by atoms with Crippen molar-refractivity contribution in [3.63, 3.8) is 0 Å². The van der Waals surface area contributed by atoms with Gasteiger partial charge in [-0.1, -0.05) is 12.1 Å². The van der Waals surface area contributed by atoms with Crippen LogP contribution in [0.15, 0.2) is 48.5 Å². The van der Waals surface area contributed by atoms with Gasteiger partial charge in [-0.3, -0.25) is 9.69 Å². The van der Waals surface area contributed by atoms with Gasteiger partial charge in [0, 0.05) is 24.5 Å². The number of nitrogens with zero attached hydrogens (tertiary/aromatic N) is 3. The zero-order valence-electron chi connectivity index (χ0n) is 17.8. The maximum absolute atomic E-state index is 13.0. The molecule has 2 aliphatic heterocycles. The molecule has 162 valence electrons. The number of rotatable bonds is 5. The maximum atomic E-state index is 13.0. The number of morpholine rings is 1. The molecule has 1 N–H and O–H groups in total. The summed E-state index contributed by atoms with van der Waals surface area (Å²) in [5.41, 5.74) is 3.06. The van der Waals surface area contributed by atoms with Gasteiger partial charge in [0.15, 0.2) is 0 Å². The minimum Gasteiger partial charge on any atom is -0.378 e. The zero-order chi connectivity index (χ0) is 21.2. The number of hydrogen-bond acceptors (Lipinski definition) is 6. The standard InChI is InChI=1S/C24H28N4O2S/c1-17(23(29)25-18-8-10-19(11-9-18)27-13-15-30-16-14-27)28-12-4-6-21(28)24-26-20-5-2-3-7-22(20)31-24/h2-3,5,7-11,17,21H,4,6,12-16H2,1H3,(H,25,29). The first kappa shape index (κ1) is 20.4. The quantitative estimate of drug-likeness (QED) is 0.646. The van der Waals surface area contributed by atoms with Gasteiger partial charge in [-0.15, -0.1) is 11.3 Å². The molecule has 3 aromatic rings. The molecule has 2 atom stereocenters. The van der Waals surface area contributed by atoms with E-state index in [2.05, 4.69) is 45.4 Å². The molecule has 2 fully saturated rings. The van der Waals surface area contributed by atoms with Crippen molar-refractivity contribution in [1.29, 1.82) is 0 Å². The summed E-state index contributed by atoms with van der Waals surface area (Å²) in [7, 11) is 0. The van der Waals surface area contributed by atoms with Gasteiger partial charge in [-0.2, -0.15) is 0 Å². The van der Waals surface area contributed by atoms with Crippen molar-refractivity contribution in [2.24, 2.45) is 0 Å². The number of para-hydroxylation sites is 1. The Morgan fingerprint density at radius 3 is 2.68 bits per heavy atom. The monoisotopic (exact) mass is 436 g/mol. The average molecular weight is 437 g/mol. The maximum Gasteiger partial charge on any atom is 0.241 e. The van der Waals surface area contributed by atoms with E-state index in [1.165, 1.54) is 10.4 Å². The van der Waals surface area contributed by atoms with Crippen LogP contribution in [0.4, 0.5) is 11.4 Å². The van der Waals surface area contributed by atoms with E-state index in [0.29, 0.717) is 0 Å². The minimum atomic E-state index is -0.210. The Bertz CT molecular complexity index is 1010. The Morgan fingerprint density at radius 1 is 1.13 bits per heavy atom. The van der Waals surface area contributed by atoms with E-state index >= 15 is 0 Å². The first-order chi connectivity index (χ1) is 15.2. The van der Waals surface area contributed by atoms with Crippen molar-refractivity contribution in [3.8, 4) is 0 Å². The van der Waals surface area contributed by atoms with Crippen molar-refractivity contribution in [2.45, 2.75) is 31.8 Å². The second kappa shape index (κ2) is 8.94. The lowest BCUT2D eigenvalue weighted by Crippen LogP contribution is -2.41. The molecule has 7 heteroatoms. The van der Waals surface area contributed by atoms with Crippen molar-refractivity contribution in [2.75, 3.05) is 43.1 Å². The van der Waals surface area contributed by atoms with Crippen LogP contribution in [0.25, 0.3) is 10.2 Å². The van der Waals surface area contributed by atoms with Crippen LogP contribution in [0.2, 0.25) is 0 Å². The number of ether oxygens (including phenoxy) is 1. The van der Waals surface area contributed by atoms with E-state index in [4.69, 9.17) is 9.72 Å². The lowest BCUT2D eigenvalue weighted by Gasteiger charge is -2.29. The van der Waals surface area contributed by atoms with E-state index in [9.17, 15) is 4.79 Å². The number of likely N-dealkylation sites (tertiary alicyclic amines) is 1. The van der Waals surface area contributed by atoms with Gasteiger partial charge >= 0.3 is 0 Å². The Morgan fingerprint density at radius 2 is 1.90 bits per heavy atom. The SMILES string of the molecule is CC(C(=O)Nc1ccc(N2CCOCC2)cc1)N1CCCC1c1nc2ccccc2s1. The molecular formula is C24H28N4O2S. The summed E-state index contributed by atoms with van der Waals surface area (Å²) in [6.45, 7) is 6.27. The van der Waals surface area contributed by atoms with Crippen LogP contribution < -0.4 is 10.2 Å². The van der Waals surface area contributed by atoms with Crippen LogP contribution in [0.3, 0.4) is 0 Å². The van der Waals surface area contributed by atoms with Gasteiger partial charge in [-0.25, -0.2) is 4.98 Å². The molecule has 6 nitrogen and oxygen atoms in total. The van der Waals surface area contributed by atoms with Crippen LogP contribution >= 0.6 is 11.3 Å². The van der Waals surface area contributed by atoms with Crippen LogP contribution in [0.1, 0.15) is 30.8 Å². The predicted molar refractivity (Wildman–Crippen MR) is 126 cm³/mol. The molecule has 3 heterocycles. The summed E-state index contributed by atoms with van der Waals surface area (Å²) in [4.78, 5) is 22.5. The third-order valence-corrected chi connectivity index (χ3v) is 7.42. The van der Waals surface area contributed by atoms with Crippen LogP contribution in [0.5, 0.6) is 0 Å². The number of amides is 1. The van der Waals surface area contributed by atoms with Crippen LogP contribution in [0, 0.1) is 0 Å². The van der Waals surface area contributed by atoms with Crippen LogP contribution in [-0.2, 0) is 9.53 Å². The second-order valence-electron chi connectivity index (χ2n) is 8.23. The first-order valence-electron chi connectivity index (χ1n) is 11.0. The summed E-state index contributed by atoms with van der Waals surface area (Å²) in [5.74, 6) is 0.0344. The highest BCUT2D eigenvalue weighted by Crippen LogP contribution is 2.37. The molecule has 31 heavy (non-hydrogen) atoms. The van der Waals surface area contributed by atoms with E-state index in [1.807, 2.05) is 25.1 Å². The van der Waals surface area contributed by atoms with Gasteiger partial charge in [0.1, 0.15) is 5.01 Å². The fourth-order valence-electron chi connectivity index (χ4n) is 4.52. The summed E-state index contributed by atoms with van der Waals surface area (Å²) < 4.78 is 6.63. The van der Waals surface area contributed by atoms with Crippen molar-refractivity contribution in [3.05, 3.63) is 53.5 Å². The molecule has 1 aromatic heterocycles. The number of nitrogens with one attached hydrogen (secondary N) is 1. The minimum absolute atomic E-state index is 0.0344. The predicted octanol–water partition coefficient (Wildman–Crippen LogP) is 4.30. The molecule has 0 radical (unpaired) electrons. The van der Waals surface area contributed by atoms with Gasteiger partial charge in [-0.05, 0) is 62.7 Å². The van der Waals surface area contributed by atoms with E-state index in [1.54, 1.807) is 11.3 Å². The Kier molecular flexibility index (Phi) is 5.89. The topological polar surface area (TPSA) is 57.7 Å². The molecule has 2 unspecified atom stereocenters. The number of hydrogen-bond donors (Lipinski definition) is 1. The number of carbonyl (C=O) groups is 1. The number of carbonyl (C=O) groups excluding carboxylic acids is 1. The summed E-state index contributed by atoms with van der Waals surface area (Å²) in [6.07, 6.45) is 2.14. The molecule has 0 aliphatic carbocycles. The summed E-state index contributed by atoms with van der Waals surface area (Å²) in [6, 6.07) is 16.4.